The minimum absolute atomic E-state index is 0.541. The lowest BCUT2D eigenvalue weighted by Crippen LogP contribution is -2.41. The van der Waals surface area contributed by atoms with E-state index in [0.717, 1.165) is 13.1 Å². The number of hydrogen-bond donors (Lipinski definition) is 1. The summed E-state index contributed by atoms with van der Waals surface area (Å²) in [5.41, 5.74) is 1.31. The van der Waals surface area contributed by atoms with E-state index in [9.17, 15) is 0 Å². The summed E-state index contributed by atoms with van der Waals surface area (Å²) in [6.45, 7) is 16.5. The molecule has 1 aliphatic rings. The SMILES string of the molecule is C=C(CNC(C)C)CN1CCCN(C)CC1CC. The van der Waals surface area contributed by atoms with Gasteiger partial charge in [-0.25, -0.2) is 0 Å². The summed E-state index contributed by atoms with van der Waals surface area (Å²) >= 11 is 0. The molecule has 1 rings (SSSR count). The molecule has 0 aromatic heterocycles. The summed E-state index contributed by atoms with van der Waals surface area (Å²) in [5.74, 6) is 0. The van der Waals surface area contributed by atoms with Gasteiger partial charge in [0.05, 0.1) is 0 Å². The monoisotopic (exact) mass is 253 g/mol. The van der Waals surface area contributed by atoms with Crippen LogP contribution < -0.4 is 5.32 Å². The van der Waals surface area contributed by atoms with Crippen LogP contribution in [0.1, 0.15) is 33.6 Å². The van der Waals surface area contributed by atoms with Crippen molar-refractivity contribution in [2.24, 2.45) is 0 Å². The number of nitrogens with one attached hydrogen (secondary N) is 1. The van der Waals surface area contributed by atoms with Crippen molar-refractivity contribution in [2.45, 2.75) is 45.7 Å². The molecule has 0 spiro atoms. The maximum atomic E-state index is 4.22. The van der Waals surface area contributed by atoms with E-state index in [-0.39, 0.29) is 0 Å². The zero-order valence-corrected chi connectivity index (χ0v) is 12.7. The average molecular weight is 253 g/mol. The van der Waals surface area contributed by atoms with Crippen LogP contribution in [0, 0.1) is 0 Å². The van der Waals surface area contributed by atoms with Crippen LogP contribution in [-0.2, 0) is 0 Å². The number of rotatable bonds is 6. The van der Waals surface area contributed by atoms with Gasteiger partial charge in [-0.1, -0.05) is 27.4 Å². The lowest BCUT2D eigenvalue weighted by atomic mass is 10.1. The van der Waals surface area contributed by atoms with Crippen molar-refractivity contribution in [3.8, 4) is 0 Å². The van der Waals surface area contributed by atoms with Crippen LogP contribution in [0.2, 0.25) is 0 Å². The molecule has 1 unspecified atom stereocenters. The predicted octanol–water partition coefficient (Wildman–Crippen LogP) is 1.96. The summed E-state index contributed by atoms with van der Waals surface area (Å²) < 4.78 is 0. The molecule has 0 aliphatic carbocycles. The Morgan fingerprint density at radius 3 is 2.72 bits per heavy atom. The van der Waals surface area contributed by atoms with Crippen molar-refractivity contribution >= 4 is 0 Å². The first kappa shape index (κ1) is 15.7. The Labute approximate surface area is 113 Å². The van der Waals surface area contributed by atoms with Gasteiger partial charge < -0.3 is 10.2 Å². The number of likely N-dealkylation sites (N-methyl/N-ethyl adjacent to an activating group) is 1. The molecule has 1 saturated heterocycles. The molecule has 1 heterocycles. The molecule has 0 aromatic carbocycles. The van der Waals surface area contributed by atoms with Crippen LogP contribution in [0.25, 0.3) is 0 Å². The Morgan fingerprint density at radius 1 is 1.39 bits per heavy atom. The third kappa shape index (κ3) is 5.51. The molecule has 0 radical (unpaired) electrons. The zero-order chi connectivity index (χ0) is 13.5. The minimum Gasteiger partial charge on any atom is -0.311 e. The third-order valence-electron chi connectivity index (χ3n) is 3.68. The van der Waals surface area contributed by atoms with Crippen LogP contribution >= 0.6 is 0 Å². The summed E-state index contributed by atoms with van der Waals surface area (Å²) in [4.78, 5) is 5.08. The summed E-state index contributed by atoms with van der Waals surface area (Å²) in [6.07, 6.45) is 2.51. The van der Waals surface area contributed by atoms with Gasteiger partial charge in [-0.05, 0) is 32.0 Å². The average Bonchev–Trinajstić information content (AvgIpc) is 2.48. The van der Waals surface area contributed by atoms with E-state index in [1.807, 2.05) is 0 Å². The lowest BCUT2D eigenvalue weighted by Gasteiger charge is -2.31. The van der Waals surface area contributed by atoms with E-state index in [4.69, 9.17) is 0 Å². The van der Waals surface area contributed by atoms with Crippen molar-refractivity contribution in [3.05, 3.63) is 12.2 Å². The van der Waals surface area contributed by atoms with Gasteiger partial charge in [0.2, 0.25) is 0 Å². The maximum absolute atomic E-state index is 4.22. The second-order valence-electron chi connectivity index (χ2n) is 5.93. The van der Waals surface area contributed by atoms with E-state index in [1.54, 1.807) is 0 Å². The highest BCUT2D eigenvalue weighted by Gasteiger charge is 2.21. The van der Waals surface area contributed by atoms with E-state index < -0.39 is 0 Å². The molecule has 18 heavy (non-hydrogen) atoms. The fourth-order valence-corrected chi connectivity index (χ4v) is 2.58. The topological polar surface area (TPSA) is 18.5 Å². The first-order chi connectivity index (χ1) is 8.52. The molecule has 3 heteroatoms. The zero-order valence-electron chi connectivity index (χ0n) is 12.7. The minimum atomic E-state index is 0.541. The molecule has 3 nitrogen and oxygen atoms in total. The highest BCUT2D eigenvalue weighted by Crippen LogP contribution is 2.13. The van der Waals surface area contributed by atoms with Crippen molar-refractivity contribution in [2.75, 3.05) is 39.8 Å². The van der Waals surface area contributed by atoms with Crippen molar-refractivity contribution in [1.29, 1.82) is 0 Å². The normalized spacial score (nSPS) is 23.3. The fraction of sp³-hybridized carbons (Fsp3) is 0.867. The Balaban J connectivity index is 2.44. The summed E-state index contributed by atoms with van der Waals surface area (Å²) in [5, 5.41) is 3.46. The van der Waals surface area contributed by atoms with Gasteiger partial charge in [0.1, 0.15) is 0 Å². The van der Waals surface area contributed by atoms with Crippen LogP contribution in [0.3, 0.4) is 0 Å². The molecule has 1 fully saturated rings. The van der Waals surface area contributed by atoms with E-state index in [0.29, 0.717) is 12.1 Å². The largest absolute Gasteiger partial charge is 0.311 e. The van der Waals surface area contributed by atoms with Crippen LogP contribution in [0.15, 0.2) is 12.2 Å². The Kier molecular flexibility index (Phi) is 6.90. The molecular formula is C15H31N3. The van der Waals surface area contributed by atoms with Gasteiger partial charge in [0.15, 0.2) is 0 Å². The first-order valence-electron chi connectivity index (χ1n) is 7.35. The molecule has 1 atom stereocenters. The molecular weight excluding hydrogens is 222 g/mol. The fourth-order valence-electron chi connectivity index (χ4n) is 2.58. The predicted molar refractivity (Wildman–Crippen MR) is 80.0 cm³/mol. The maximum Gasteiger partial charge on any atom is 0.0223 e. The second-order valence-corrected chi connectivity index (χ2v) is 5.93. The Bertz CT molecular complexity index is 250. The summed E-state index contributed by atoms with van der Waals surface area (Å²) in [6, 6.07) is 1.23. The molecule has 0 amide bonds. The van der Waals surface area contributed by atoms with Gasteiger partial charge in [-0.15, -0.1) is 0 Å². The van der Waals surface area contributed by atoms with Crippen molar-refractivity contribution < 1.29 is 0 Å². The molecule has 106 valence electrons. The van der Waals surface area contributed by atoms with Gasteiger partial charge >= 0.3 is 0 Å². The number of hydrogen-bond acceptors (Lipinski definition) is 3. The summed E-state index contributed by atoms with van der Waals surface area (Å²) in [7, 11) is 2.24. The highest BCUT2D eigenvalue weighted by molar-refractivity contribution is 5.01. The second kappa shape index (κ2) is 7.93. The Morgan fingerprint density at radius 2 is 2.11 bits per heavy atom. The van der Waals surface area contributed by atoms with Crippen LogP contribution in [0.4, 0.5) is 0 Å². The quantitative estimate of drug-likeness (QED) is 0.730. The van der Waals surface area contributed by atoms with E-state index >= 15 is 0 Å². The number of nitrogens with zero attached hydrogens (tertiary/aromatic N) is 2. The van der Waals surface area contributed by atoms with E-state index in [2.05, 4.69) is 49.5 Å². The van der Waals surface area contributed by atoms with E-state index in [1.165, 1.54) is 38.0 Å². The standard InChI is InChI=1S/C15H31N3/c1-6-15-12-17(5)8-7-9-18(15)11-14(4)10-16-13(2)3/h13,15-16H,4,6-12H2,1-3,5H3. The molecule has 0 aromatic rings. The first-order valence-corrected chi connectivity index (χ1v) is 7.35. The Hall–Kier alpha value is -0.380. The van der Waals surface area contributed by atoms with Crippen LogP contribution in [-0.4, -0.2) is 61.7 Å². The molecule has 0 saturated carbocycles. The van der Waals surface area contributed by atoms with Crippen molar-refractivity contribution in [1.82, 2.24) is 15.1 Å². The molecule has 1 N–H and O–H groups in total. The van der Waals surface area contributed by atoms with Crippen molar-refractivity contribution in [3.63, 3.8) is 0 Å². The van der Waals surface area contributed by atoms with Gasteiger partial charge in [0, 0.05) is 38.3 Å². The highest BCUT2D eigenvalue weighted by atomic mass is 15.2. The lowest BCUT2D eigenvalue weighted by molar-refractivity contribution is 0.196. The third-order valence-corrected chi connectivity index (χ3v) is 3.68. The van der Waals surface area contributed by atoms with Crippen LogP contribution in [0.5, 0.6) is 0 Å². The molecule has 0 bridgehead atoms. The van der Waals surface area contributed by atoms with Gasteiger partial charge in [-0.3, -0.25) is 4.90 Å². The van der Waals surface area contributed by atoms with Gasteiger partial charge in [0.25, 0.3) is 0 Å². The van der Waals surface area contributed by atoms with Gasteiger partial charge in [-0.2, -0.15) is 0 Å². The smallest absolute Gasteiger partial charge is 0.0223 e. The molecule has 1 aliphatic heterocycles.